The summed E-state index contributed by atoms with van der Waals surface area (Å²) in [4.78, 5) is 86.6. The third kappa shape index (κ3) is 11.0. The fourth-order valence-electron chi connectivity index (χ4n) is 4.36. The Kier molecular flexibility index (Phi) is 13.2. The van der Waals surface area contributed by atoms with Crippen LogP contribution < -0.4 is 38.9 Å². The highest BCUT2D eigenvalue weighted by molar-refractivity contribution is 5.95. The summed E-state index contributed by atoms with van der Waals surface area (Å²) in [6.07, 6.45) is 3.79. The quantitative estimate of drug-likeness (QED) is 0.0473. The molecule has 18 nitrogen and oxygen atoms in total. The Labute approximate surface area is 241 Å². The van der Waals surface area contributed by atoms with Crippen molar-refractivity contribution in [2.24, 2.45) is 27.9 Å². The van der Waals surface area contributed by atoms with E-state index in [0.29, 0.717) is 25.0 Å². The molecule has 13 N–H and O–H groups in total. The number of carbonyl (C=O) groups is 6. The number of aliphatic carboxylic acids is 1. The lowest BCUT2D eigenvalue weighted by Crippen LogP contribution is -2.58. The van der Waals surface area contributed by atoms with Crippen LogP contribution in [0.25, 0.3) is 0 Å². The van der Waals surface area contributed by atoms with E-state index >= 15 is 0 Å². The average Bonchev–Trinajstić information content (AvgIpc) is 3.63. The summed E-state index contributed by atoms with van der Waals surface area (Å²) in [5.74, 6) is -4.71. The first-order valence-corrected chi connectivity index (χ1v) is 13.4. The number of nitrogens with one attached hydrogen (secondary N) is 4. The summed E-state index contributed by atoms with van der Waals surface area (Å²) in [6, 6.07) is -4.41. The van der Waals surface area contributed by atoms with Gasteiger partial charge in [0.2, 0.25) is 29.5 Å². The van der Waals surface area contributed by atoms with Crippen molar-refractivity contribution in [2.75, 3.05) is 19.6 Å². The molecule has 1 saturated heterocycles. The predicted molar refractivity (Wildman–Crippen MR) is 148 cm³/mol. The number of likely N-dealkylation sites (tertiary alicyclic amines) is 1. The number of aromatic nitrogens is 2. The van der Waals surface area contributed by atoms with Gasteiger partial charge in [-0.1, -0.05) is 0 Å². The number of carboxylic acids is 1. The van der Waals surface area contributed by atoms with Crippen LogP contribution in [0.5, 0.6) is 0 Å². The molecule has 0 saturated carbocycles. The first-order valence-electron chi connectivity index (χ1n) is 13.4. The topological polar surface area (TPSA) is 307 Å². The summed E-state index contributed by atoms with van der Waals surface area (Å²) >= 11 is 0. The maximum absolute atomic E-state index is 13.6. The van der Waals surface area contributed by atoms with Crippen LogP contribution in [0.4, 0.5) is 0 Å². The van der Waals surface area contributed by atoms with Crippen molar-refractivity contribution in [1.29, 1.82) is 0 Å². The normalized spacial score (nSPS) is 16.5. The van der Waals surface area contributed by atoms with Gasteiger partial charge in [-0.05, 0) is 32.1 Å². The molecule has 0 radical (unpaired) electrons. The zero-order valence-corrected chi connectivity index (χ0v) is 23.1. The van der Waals surface area contributed by atoms with E-state index in [9.17, 15) is 28.8 Å². The monoisotopic (exact) mass is 593 g/mol. The molecule has 1 aromatic rings. The molecule has 42 heavy (non-hydrogen) atoms. The minimum atomic E-state index is -1.26. The second-order valence-electron chi connectivity index (χ2n) is 9.76. The zero-order chi connectivity index (χ0) is 31.2. The summed E-state index contributed by atoms with van der Waals surface area (Å²) in [5.41, 5.74) is 22.3. The number of carboxylic acid groups (broad SMARTS) is 1. The lowest BCUT2D eigenvalue weighted by Gasteiger charge is -2.29. The summed E-state index contributed by atoms with van der Waals surface area (Å²) in [6.45, 7) is -0.155. The third-order valence-electron chi connectivity index (χ3n) is 6.46. The number of nitrogens with zero attached hydrogens (tertiary/aromatic N) is 3. The smallest absolute Gasteiger partial charge is 0.322 e. The van der Waals surface area contributed by atoms with Crippen LogP contribution in [-0.4, -0.2) is 105 Å². The first kappa shape index (κ1) is 33.5. The molecular formula is C24H39N11O7. The Bertz CT molecular complexity index is 1140. The van der Waals surface area contributed by atoms with Gasteiger partial charge in [0, 0.05) is 37.8 Å². The van der Waals surface area contributed by atoms with Crippen molar-refractivity contribution in [3.05, 3.63) is 18.2 Å². The number of rotatable bonds is 17. The fraction of sp³-hybridized carbons (Fsp3) is 0.583. The van der Waals surface area contributed by atoms with E-state index in [1.165, 1.54) is 17.4 Å². The van der Waals surface area contributed by atoms with E-state index < -0.39 is 66.2 Å². The third-order valence-corrected chi connectivity index (χ3v) is 6.46. The summed E-state index contributed by atoms with van der Waals surface area (Å²) < 4.78 is 0. The van der Waals surface area contributed by atoms with Crippen molar-refractivity contribution in [2.45, 2.75) is 69.1 Å². The molecule has 1 aromatic heterocycles. The Morgan fingerprint density at radius 1 is 1.10 bits per heavy atom. The van der Waals surface area contributed by atoms with Crippen molar-refractivity contribution in [1.82, 2.24) is 30.8 Å². The summed E-state index contributed by atoms with van der Waals surface area (Å²) in [7, 11) is 0. The number of H-pyrrole nitrogens is 1. The van der Waals surface area contributed by atoms with Gasteiger partial charge < -0.3 is 53.9 Å². The molecule has 1 fully saturated rings. The molecule has 2 heterocycles. The number of primary amides is 1. The van der Waals surface area contributed by atoms with Crippen LogP contribution in [0.2, 0.25) is 0 Å². The molecule has 5 amide bonds. The number of aromatic amines is 1. The largest absolute Gasteiger partial charge is 0.480 e. The highest BCUT2D eigenvalue weighted by Gasteiger charge is 2.38. The fourth-order valence-corrected chi connectivity index (χ4v) is 4.36. The van der Waals surface area contributed by atoms with Gasteiger partial charge >= 0.3 is 5.97 Å². The lowest BCUT2D eigenvalue weighted by atomic mass is 10.1. The molecule has 0 aromatic carbocycles. The van der Waals surface area contributed by atoms with E-state index in [-0.39, 0.29) is 44.7 Å². The number of amides is 5. The van der Waals surface area contributed by atoms with Crippen molar-refractivity contribution >= 4 is 41.5 Å². The number of carbonyl (C=O) groups excluding carboxylic acids is 5. The molecule has 0 spiro atoms. The standard InChI is InChI=1S/C24H39N11O7/c25-14(3-1-7-30-24(27)28)20(39)33-15(5-6-18(26)36)21(40)34-16(9-13-10-29-12-32-13)23(42)35-8-2-4-17(35)22(41)31-11-19(37)38/h10,12,14-17H,1-9,11,25H2,(H2,26,36)(H,29,32)(H,31,41)(H,33,39)(H,34,40)(H,37,38)(H4,27,28,30)/t14-,15-,16-,17-/m0/s1. The van der Waals surface area contributed by atoms with Crippen LogP contribution in [0, 0.1) is 0 Å². The zero-order valence-electron chi connectivity index (χ0n) is 23.1. The molecule has 1 aliphatic heterocycles. The highest BCUT2D eigenvalue weighted by Crippen LogP contribution is 2.20. The molecule has 0 bridgehead atoms. The van der Waals surface area contributed by atoms with E-state index in [2.05, 4.69) is 30.9 Å². The Morgan fingerprint density at radius 2 is 1.81 bits per heavy atom. The van der Waals surface area contributed by atoms with Crippen LogP contribution in [0.15, 0.2) is 17.5 Å². The lowest BCUT2D eigenvalue weighted by molar-refractivity contribution is -0.143. The minimum Gasteiger partial charge on any atom is -0.480 e. The van der Waals surface area contributed by atoms with Gasteiger partial charge in [0.15, 0.2) is 5.96 Å². The van der Waals surface area contributed by atoms with E-state index in [0.717, 1.165) is 0 Å². The van der Waals surface area contributed by atoms with E-state index in [1.807, 2.05) is 0 Å². The number of imidazole rings is 1. The average molecular weight is 594 g/mol. The molecule has 0 unspecified atom stereocenters. The van der Waals surface area contributed by atoms with Crippen LogP contribution in [0.1, 0.15) is 44.2 Å². The number of guanidine groups is 1. The maximum Gasteiger partial charge on any atom is 0.322 e. The molecule has 0 aliphatic carbocycles. The van der Waals surface area contributed by atoms with Gasteiger partial charge in [-0.3, -0.25) is 33.8 Å². The van der Waals surface area contributed by atoms with Gasteiger partial charge in [0.25, 0.3) is 0 Å². The SMILES string of the molecule is NC(=O)CC[C@H](NC(=O)[C@@H](N)CCCN=C(N)N)C(=O)N[C@@H](Cc1cnc[nH]1)C(=O)N1CCC[C@H]1C(=O)NCC(=O)O. The van der Waals surface area contributed by atoms with Gasteiger partial charge in [0.1, 0.15) is 24.7 Å². The Hall–Kier alpha value is -4.74. The molecule has 4 atom stereocenters. The number of hydrogen-bond donors (Lipinski definition) is 9. The molecule has 232 valence electrons. The minimum absolute atomic E-state index is 0.0364. The Balaban J connectivity index is 2.18. The van der Waals surface area contributed by atoms with E-state index in [4.69, 9.17) is 28.0 Å². The number of aliphatic imine (C=N–C) groups is 1. The second kappa shape index (κ2) is 16.5. The van der Waals surface area contributed by atoms with Crippen molar-refractivity contribution in [3.8, 4) is 0 Å². The second-order valence-corrected chi connectivity index (χ2v) is 9.76. The van der Waals surface area contributed by atoms with Crippen LogP contribution in [-0.2, 0) is 35.2 Å². The maximum atomic E-state index is 13.6. The van der Waals surface area contributed by atoms with Crippen LogP contribution >= 0.6 is 0 Å². The summed E-state index contributed by atoms with van der Waals surface area (Å²) in [5, 5.41) is 16.3. The molecule has 2 rings (SSSR count). The van der Waals surface area contributed by atoms with Gasteiger partial charge in [-0.2, -0.15) is 0 Å². The van der Waals surface area contributed by atoms with Gasteiger partial charge in [-0.25, -0.2) is 4.98 Å². The predicted octanol–water partition coefficient (Wildman–Crippen LogP) is -4.24. The van der Waals surface area contributed by atoms with Crippen molar-refractivity contribution < 1.29 is 33.9 Å². The molecule has 1 aliphatic rings. The first-order chi connectivity index (χ1) is 19.9. The number of nitrogens with two attached hydrogens (primary N) is 4. The molecule has 18 heteroatoms. The van der Waals surface area contributed by atoms with E-state index in [1.54, 1.807) is 0 Å². The van der Waals surface area contributed by atoms with Crippen LogP contribution in [0.3, 0.4) is 0 Å². The molecular weight excluding hydrogens is 554 g/mol. The van der Waals surface area contributed by atoms with Gasteiger partial charge in [-0.15, -0.1) is 0 Å². The van der Waals surface area contributed by atoms with Crippen molar-refractivity contribution in [3.63, 3.8) is 0 Å². The van der Waals surface area contributed by atoms with Gasteiger partial charge in [0.05, 0.1) is 12.4 Å². The highest BCUT2D eigenvalue weighted by atomic mass is 16.4. The Morgan fingerprint density at radius 3 is 2.43 bits per heavy atom. The number of hydrogen-bond acceptors (Lipinski definition) is 9.